The number of carbonyl (C=O) groups excluding carboxylic acids is 1. The second kappa shape index (κ2) is 4.18. The Kier molecular flexibility index (Phi) is 2.53. The fraction of sp³-hybridized carbons (Fsp3) is 0.214. The highest BCUT2D eigenvalue weighted by molar-refractivity contribution is 6.07. The van der Waals surface area contributed by atoms with Crippen molar-refractivity contribution in [3.63, 3.8) is 0 Å². The molecule has 0 radical (unpaired) electrons. The molecule has 3 nitrogen and oxygen atoms in total. The molecule has 1 N–H and O–H groups in total. The molecule has 0 unspecified atom stereocenters. The summed E-state index contributed by atoms with van der Waals surface area (Å²) in [6, 6.07) is 13.9. The number of nitrogens with one attached hydrogen (secondary N) is 1. The summed E-state index contributed by atoms with van der Waals surface area (Å²) in [4.78, 5) is 12.1. The molecule has 1 saturated heterocycles. The minimum absolute atomic E-state index is 0.0184. The van der Waals surface area contributed by atoms with E-state index in [9.17, 15) is 4.79 Å². The number of hydrogen-bond donors (Lipinski definition) is 1. The lowest BCUT2D eigenvalue weighted by Gasteiger charge is -2.27. The van der Waals surface area contributed by atoms with Gasteiger partial charge in [0.15, 0.2) is 0 Å². The summed E-state index contributed by atoms with van der Waals surface area (Å²) in [5, 5.41) is 5.04. The van der Waals surface area contributed by atoms with Gasteiger partial charge in [0.1, 0.15) is 0 Å². The van der Waals surface area contributed by atoms with E-state index in [1.807, 2.05) is 42.5 Å². The van der Waals surface area contributed by atoms with Crippen molar-refractivity contribution in [2.24, 2.45) is 0 Å². The fourth-order valence-electron chi connectivity index (χ4n) is 2.01. The summed E-state index contributed by atoms with van der Waals surface area (Å²) in [6.07, 6.45) is 0. The number of carbonyl (C=O) groups is 1. The number of ether oxygens (including phenoxy) is 1. The first-order chi connectivity index (χ1) is 8.34. The Morgan fingerprint density at radius 3 is 2.65 bits per heavy atom. The van der Waals surface area contributed by atoms with Gasteiger partial charge in [0.2, 0.25) is 0 Å². The maximum atomic E-state index is 12.1. The molecule has 0 aromatic heterocycles. The van der Waals surface area contributed by atoms with Crippen molar-refractivity contribution in [3.05, 3.63) is 48.0 Å². The molecule has 1 amide bonds. The molecule has 2 aromatic rings. The predicted octanol–water partition coefficient (Wildman–Crippen LogP) is 1.97. The topological polar surface area (TPSA) is 38.3 Å². The Labute approximate surface area is 99.4 Å². The van der Waals surface area contributed by atoms with Crippen molar-refractivity contribution >= 4 is 16.7 Å². The van der Waals surface area contributed by atoms with Crippen LogP contribution in [0.25, 0.3) is 10.8 Å². The molecule has 0 bridgehead atoms. The van der Waals surface area contributed by atoms with E-state index in [-0.39, 0.29) is 11.9 Å². The molecule has 0 atom stereocenters. The first-order valence-electron chi connectivity index (χ1n) is 5.71. The van der Waals surface area contributed by atoms with Gasteiger partial charge in [0.05, 0.1) is 19.3 Å². The number of amides is 1. The van der Waals surface area contributed by atoms with E-state index in [1.54, 1.807) is 0 Å². The second-order valence-corrected chi connectivity index (χ2v) is 4.23. The maximum absolute atomic E-state index is 12.1. The van der Waals surface area contributed by atoms with Gasteiger partial charge in [-0.25, -0.2) is 0 Å². The van der Waals surface area contributed by atoms with E-state index in [2.05, 4.69) is 5.32 Å². The van der Waals surface area contributed by atoms with Crippen LogP contribution in [0.3, 0.4) is 0 Å². The molecular formula is C14H13NO2. The van der Waals surface area contributed by atoms with Crippen LogP contribution in [0, 0.1) is 0 Å². The van der Waals surface area contributed by atoms with Crippen molar-refractivity contribution < 1.29 is 9.53 Å². The van der Waals surface area contributed by atoms with E-state index >= 15 is 0 Å². The lowest BCUT2D eigenvalue weighted by molar-refractivity contribution is -0.00343. The van der Waals surface area contributed by atoms with Gasteiger partial charge in [-0.05, 0) is 16.8 Å². The van der Waals surface area contributed by atoms with Crippen LogP contribution >= 0.6 is 0 Å². The Balaban J connectivity index is 1.95. The summed E-state index contributed by atoms with van der Waals surface area (Å²) >= 11 is 0. The quantitative estimate of drug-likeness (QED) is 0.851. The highest BCUT2D eigenvalue weighted by Crippen LogP contribution is 2.18. The van der Waals surface area contributed by atoms with Gasteiger partial charge in [0, 0.05) is 5.56 Å². The minimum atomic E-state index is -0.0184. The van der Waals surface area contributed by atoms with Crippen LogP contribution in [0.1, 0.15) is 10.4 Å². The lowest BCUT2D eigenvalue weighted by atomic mass is 10.0. The van der Waals surface area contributed by atoms with Crippen molar-refractivity contribution in [1.82, 2.24) is 5.32 Å². The van der Waals surface area contributed by atoms with Gasteiger partial charge in [-0.3, -0.25) is 4.79 Å². The summed E-state index contributed by atoms with van der Waals surface area (Å²) in [5.41, 5.74) is 0.731. The van der Waals surface area contributed by atoms with Gasteiger partial charge in [0.25, 0.3) is 5.91 Å². The molecule has 3 rings (SSSR count). The second-order valence-electron chi connectivity index (χ2n) is 4.23. The molecule has 1 heterocycles. The molecule has 1 fully saturated rings. The number of hydrogen-bond acceptors (Lipinski definition) is 2. The van der Waals surface area contributed by atoms with E-state index in [1.165, 1.54) is 0 Å². The van der Waals surface area contributed by atoms with Gasteiger partial charge >= 0.3 is 0 Å². The third-order valence-corrected chi connectivity index (χ3v) is 3.01. The normalized spacial score (nSPS) is 15.5. The van der Waals surface area contributed by atoms with E-state index in [0.717, 1.165) is 16.3 Å². The predicted molar refractivity (Wildman–Crippen MR) is 66.0 cm³/mol. The Bertz CT molecular complexity index is 556. The monoisotopic (exact) mass is 227 g/mol. The Hall–Kier alpha value is -1.87. The first-order valence-corrected chi connectivity index (χ1v) is 5.71. The van der Waals surface area contributed by atoms with Gasteiger partial charge in [-0.2, -0.15) is 0 Å². The largest absolute Gasteiger partial charge is 0.377 e. The molecule has 0 saturated carbocycles. The third kappa shape index (κ3) is 1.89. The van der Waals surface area contributed by atoms with Crippen LogP contribution in [0.15, 0.2) is 42.5 Å². The number of benzene rings is 2. The summed E-state index contributed by atoms with van der Waals surface area (Å²) in [6.45, 7) is 1.24. The molecule has 0 spiro atoms. The number of fused-ring (bicyclic) bond motifs is 1. The van der Waals surface area contributed by atoms with Crippen LogP contribution < -0.4 is 5.32 Å². The van der Waals surface area contributed by atoms with Gasteiger partial charge in [-0.15, -0.1) is 0 Å². The van der Waals surface area contributed by atoms with E-state index < -0.39 is 0 Å². The molecule has 3 heteroatoms. The Morgan fingerprint density at radius 2 is 1.88 bits per heavy atom. The first kappa shape index (κ1) is 10.3. The van der Waals surface area contributed by atoms with Crippen molar-refractivity contribution in [3.8, 4) is 0 Å². The highest BCUT2D eigenvalue weighted by Gasteiger charge is 2.21. The number of rotatable bonds is 2. The molecule has 1 aliphatic heterocycles. The lowest BCUT2D eigenvalue weighted by Crippen LogP contribution is -2.48. The smallest absolute Gasteiger partial charge is 0.252 e. The zero-order valence-corrected chi connectivity index (χ0v) is 9.35. The molecular weight excluding hydrogens is 214 g/mol. The van der Waals surface area contributed by atoms with Crippen LogP contribution in [0.4, 0.5) is 0 Å². The van der Waals surface area contributed by atoms with E-state index in [4.69, 9.17) is 4.74 Å². The average molecular weight is 227 g/mol. The fourth-order valence-corrected chi connectivity index (χ4v) is 2.01. The average Bonchev–Trinajstić information content (AvgIpc) is 2.33. The molecule has 1 aliphatic rings. The Morgan fingerprint density at radius 1 is 1.12 bits per heavy atom. The van der Waals surface area contributed by atoms with Crippen molar-refractivity contribution in [1.29, 1.82) is 0 Å². The summed E-state index contributed by atoms with van der Waals surface area (Å²) in [7, 11) is 0. The minimum Gasteiger partial charge on any atom is -0.377 e. The SMILES string of the molecule is O=C(NC1COC1)c1cccc2ccccc12. The highest BCUT2D eigenvalue weighted by atomic mass is 16.5. The molecule has 0 aliphatic carbocycles. The standard InChI is InChI=1S/C14H13NO2/c16-14(15-11-8-17-9-11)13-7-3-5-10-4-1-2-6-12(10)13/h1-7,11H,8-9H2,(H,15,16). The van der Waals surface area contributed by atoms with Crippen molar-refractivity contribution in [2.45, 2.75) is 6.04 Å². The third-order valence-electron chi connectivity index (χ3n) is 3.01. The zero-order chi connectivity index (χ0) is 11.7. The zero-order valence-electron chi connectivity index (χ0n) is 9.35. The van der Waals surface area contributed by atoms with Crippen LogP contribution in [0.2, 0.25) is 0 Å². The van der Waals surface area contributed by atoms with E-state index in [0.29, 0.717) is 13.2 Å². The van der Waals surface area contributed by atoms with Crippen LogP contribution in [-0.4, -0.2) is 25.2 Å². The van der Waals surface area contributed by atoms with Crippen LogP contribution in [0.5, 0.6) is 0 Å². The van der Waals surface area contributed by atoms with Gasteiger partial charge in [-0.1, -0.05) is 36.4 Å². The van der Waals surface area contributed by atoms with Crippen molar-refractivity contribution in [2.75, 3.05) is 13.2 Å². The molecule has 2 aromatic carbocycles. The molecule has 17 heavy (non-hydrogen) atoms. The maximum Gasteiger partial charge on any atom is 0.252 e. The summed E-state index contributed by atoms with van der Waals surface area (Å²) < 4.78 is 5.04. The summed E-state index contributed by atoms with van der Waals surface area (Å²) in [5.74, 6) is -0.0184. The van der Waals surface area contributed by atoms with Gasteiger partial charge < -0.3 is 10.1 Å². The van der Waals surface area contributed by atoms with Crippen LogP contribution in [-0.2, 0) is 4.74 Å². The molecule has 86 valence electrons.